The van der Waals surface area contributed by atoms with E-state index in [0.29, 0.717) is 0 Å². The zero-order valence-electron chi connectivity index (χ0n) is 13.5. The van der Waals surface area contributed by atoms with E-state index in [0.717, 1.165) is 57.7 Å². The Bertz CT molecular complexity index is 507. The van der Waals surface area contributed by atoms with Gasteiger partial charge in [-0.2, -0.15) is 0 Å². The molecule has 0 bridgehead atoms. The van der Waals surface area contributed by atoms with Gasteiger partial charge in [0.25, 0.3) is 0 Å². The second-order valence-electron chi connectivity index (χ2n) is 6.37. The number of hydrogen-bond donors (Lipinski definition) is 1. The zero-order chi connectivity index (χ0) is 15.4. The van der Waals surface area contributed by atoms with Gasteiger partial charge in [-0.3, -0.25) is 4.99 Å². The van der Waals surface area contributed by atoms with Crippen LogP contribution < -0.4 is 10.2 Å². The van der Waals surface area contributed by atoms with Gasteiger partial charge in [0.2, 0.25) is 0 Å². The topological polar surface area (TPSA) is 53.0 Å². The molecule has 0 aliphatic carbocycles. The summed E-state index contributed by atoms with van der Waals surface area (Å²) in [5.41, 5.74) is 0.256. The molecule has 6 heteroatoms. The standard InChI is InChI=1S/C16H25N5O/c1-16(12-22-13-16)11-19-15(17-2)21-9-7-20(8-10-21)14-5-3-4-6-18-14/h3-6H,7-13H2,1-2H3,(H,17,19). The van der Waals surface area contributed by atoms with Crippen LogP contribution in [0, 0.1) is 5.41 Å². The van der Waals surface area contributed by atoms with Crippen LogP contribution in [0.25, 0.3) is 0 Å². The number of piperazine rings is 1. The van der Waals surface area contributed by atoms with Crippen molar-refractivity contribution in [3.63, 3.8) is 0 Å². The van der Waals surface area contributed by atoms with Crippen LogP contribution in [0.4, 0.5) is 5.82 Å². The number of ether oxygens (including phenoxy) is 1. The fourth-order valence-electron chi connectivity index (χ4n) is 2.87. The average molecular weight is 303 g/mol. The highest BCUT2D eigenvalue weighted by Crippen LogP contribution is 2.25. The van der Waals surface area contributed by atoms with Crippen molar-refractivity contribution < 1.29 is 4.74 Å². The molecule has 2 saturated heterocycles. The minimum absolute atomic E-state index is 0.256. The maximum Gasteiger partial charge on any atom is 0.193 e. The van der Waals surface area contributed by atoms with Crippen LogP contribution in [-0.2, 0) is 4.74 Å². The molecule has 0 unspecified atom stereocenters. The molecule has 22 heavy (non-hydrogen) atoms. The van der Waals surface area contributed by atoms with Gasteiger partial charge in [-0.15, -0.1) is 0 Å². The normalized spacial score (nSPS) is 21.5. The van der Waals surface area contributed by atoms with Crippen LogP contribution in [0.1, 0.15) is 6.92 Å². The van der Waals surface area contributed by atoms with E-state index in [1.807, 2.05) is 25.4 Å². The highest BCUT2D eigenvalue weighted by Gasteiger charge is 2.33. The van der Waals surface area contributed by atoms with Gasteiger partial charge in [0, 0.05) is 51.4 Å². The lowest BCUT2D eigenvalue weighted by Gasteiger charge is -2.41. The number of nitrogens with one attached hydrogen (secondary N) is 1. The Kier molecular flexibility index (Phi) is 4.47. The number of hydrogen-bond acceptors (Lipinski definition) is 4. The number of rotatable bonds is 3. The fourth-order valence-corrected chi connectivity index (χ4v) is 2.87. The molecular formula is C16H25N5O. The van der Waals surface area contributed by atoms with Gasteiger partial charge in [-0.05, 0) is 12.1 Å². The Morgan fingerprint density at radius 2 is 2.09 bits per heavy atom. The first-order valence-electron chi connectivity index (χ1n) is 7.89. The van der Waals surface area contributed by atoms with E-state index in [4.69, 9.17) is 4.74 Å². The van der Waals surface area contributed by atoms with Crippen LogP contribution in [0.5, 0.6) is 0 Å². The third-order valence-electron chi connectivity index (χ3n) is 4.34. The molecule has 120 valence electrons. The Morgan fingerprint density at radius 3 is 2.64 bits per heavy atom. The summed E-state index contributed by atoms with van der Waals surface area (Å²) in [5.74, 6) is 2.05. The van der Waals surface area contributed by atoms with E-state index in [-0.39, 0.29) is 5.41 Å². The molecule has 0 aromatic carbocycles. The average Bonchev–Trinajstić information content (AvgIpc) is 2.55. The Morgan fingerprint density at radius 1 is 1.32 bits per heavy atom. The van der Waals surface area contributed by atoms with Gasteiger partial charge in [-0.1, -0.05) is 13.0 Å². The maximum absolute atomic E-state index is 5.31. The van der Waals surface area contributed by atoms with Crippen LogP contribution in [0.15, 0.2) is 29.4 Å². The predicted molar refractivity (Wildman–Crippen MR) is 88.3 cm³/mol. The highest BCUT2D eigenvalue weighted by molar-refractivity contribution is 5.80. The van der Waals surface area contributed by atoms with E-state index >= 15 is 0 Å². The molecule has 2 fully saturated rings. The van der Waals surface area contributed by atoms with Crippen molar-refractivity contribution in [2.24, 2.45) is 10.4 Å². The van der Waals surface area contributed by atoms with Crippen LogP contribution in [0.2, 0.25) is 0 Å². The molecule has 0 atom stereocenters. The number of nitrogens with zero attached hydrogens (tertiary/aromatic N) is 4. The summed E-state index contributed by atoms with van der Waals surface area (Å²) in [6.45, 7) is 8.70. The van der Waals surface area contributed by atoms with Crippen molar-refractivity contribution in [2.45, 2.75) is 6.92 Å². The first-order valence-corrected chi connectivity index (χ1v) is 7.89. The van der Waals surface area contributed by atoms with Gasteiger partial charge in [-0.25, -0.2) is 4.98 Å². The van der Waals surface area contributed by atoms with Gasteiger partial charge >= 0.3 is 0 Å². The van der Waals surface area contributed by atoms with E-state index in [1.54, 1.807) is 0 Å². The molecule has 1 aromatic rings. The molecule has 0 radical (unpaired) electrons. The number of anilines is 1. The smallest absolute Gasteiger partial charge is 0.193 e. The highest BCUT2D eigenvalue weighted by atomic mass is 16.5. The molecule has 6 nitrogen and oxygen atoms in total. The van der Waals surface area contributed by atoms with Gasteiger partial charge in [0.05, 0.1) is 13.2 Å². The molecule has 2 aliphatic heterocycles. The van der Waals surface area contributed by atoms with Crippen molar-refractivity contribution in [2.75, 3.05) is 57.9 Å². The number of aromatic nitrogens is 1. The molecule has 3 rings (SSSR count). The summed E-state index contributed by atoms with van der Waals surface area (Å²) in [5, 5.41) is 3.50. The van der Waals surface area contributed by atoms with Crippen molar-refractivity contribution in [3.8, 4) is 0 Å². The lowest BCUT2D eigenvalue weighted by Crippen LogP contribution is -2.56. The molecule has 2 aliphatic rings. The molecular weight excluding hydrogens is 278 g/mol. The molecule has 1 aromatic heterocycles. The maximum atomic E-state index is 5.31. The van der Waals surface area contributed by atoms with Gasteiger partial charge in [0.15, 0.2) is 5.96 Å². The van der Waals surface area contributed by atoms with Crippen LogP contribution in [-0.4, -0.2) is 68.8 Å². The lowest BCUT2D eigenvalue weighted by molar-refractivity contribution is -0.0972. The molecule has 0 saturated carbocycles. The monoisotopic (exact) mass is 303 g/mol. The summed E-state index contributed by atoms with van der Waals surface area (Å²) in [7, 11) is 1.85. The number of guanidine groups is 1. The van der Waals surface area contributed by atoms with Gasteiger partial charge < -0.3 is 19.9 Å². The minimum Gasteiger partial charge on any atom is -0.380 e. The van der Waals surface area contributed by atoms with E-state index in [9.17, 15) is 0 Å². The van der Waals surface area contributed by atoms with Gasteiger partial charge in [0.1, 0.15) is 5.82 Å². The Balaban J connectivity index is 1.51. The van der Waals surface area contributed by atoms with Crippen molar-refractivity contribution >= 4 is 11.8 Å². The lowest BCUT2D eigenvalue weighted by atomic mass is 9.89. The molecule has 1 N–H and O–H groups in total. The summed E-state index contributed by atoms with van der Waals surface area (Å²) in [4.78, 5) is 13.5. The van der Waals surface area contributed by atoms with Crippen molar-refractivity contribution in [1.29, 1.82) is 0 Å². The summed E-state index contributed by atoms with van der Waals surface area (Å²) in [6.07, 6.45) is 1.85. The fraction of sp³-hybridized carbons (Fsp3) is 0.625. The molecule has 0 amide bonds. The predicted octanol–water partition coefficient (Wildman–Crippen LogP) is 0.815. The van der Waals surface area contributed by atoms with Crippen molar-refractivity contribution in [3.05, 3.63) is 24.4 Å². The second kappa shape index (κ2) is 6.52. The molecule has 3 heterocycles. The third-order valence-corrected chi connectivity index (χ3v) is 4.34. The van der Waals surface area contributed by atoms with Crippen LogP contribution >= 0.6 is 0 Å². The first kappa shape index (κ1) is 15.1. The quantitative estimate of drug-likeness (QED) is 0.662. The SMILES string of the molecule is CN=C(NCC1(C)COC1)N1CCN(c2ccccn2)CC1. The van der Waals surface area contributed by atoms with E-state index < -0.39 is 0 Å². The Labute approximate surface area is 132 Å². The summed E-state index contributed by atoms with van der Waals surface area (Å²) >= 11 is 0. The molecule has 0 spiro atoms. The van der Waals surface area contributed by atoms with E-state index in [2.05, 4.69) is 38.1 Å². The zero-order valence-corrected chi connectivity index (χ0v) is 13.5. The largest absolute Gasteiger partial charge is 0.380 e. The minimum atomic E-state index is 0.256. The summed E-state index contributed by atoms with van der Waals surface area (Å²) < 4.78 is 5.31. The Hall–Kier alpha value is -1.82. The second-order valence-corrected chi connectivity index (χ2v) is 6.37. The number of pyridine rings is 1. The van der Waals surface area contributed by atoms with Crippen molar-refractivity contribution in [1.82, 2.24) is 15.2 Å². The first-order chi connectivity index (χ1) is 10.7. The number of aliphatic imine (C=N–C) groups is 1. The third kappa shape index (κ3) is 3.32. The van der Waals surface area contributed by atoms with Crippen LogP contribution in [0.3, 0.4) is 0 Å². The van der Waals surface area contributed by atoms with E-state index in [1.165, 1.54) is 0 Å². The summed E-state index contributed by atoms with van der Waals surface area (Å²) in [6, 6.07) is 6.06.